The highest BCUT2D eigenvalue weighted by Gasteiger charge is 2.13. The Bertz CT molecular complexity index is 411. The van der Waals surface area contributed by atoms with E-state index in [1.54, 1.807) is 7.05 Å². The quantitative estimate of drug-likeness (QED) is 0.120. The van der Waals surface area contributed by atoms with E-state index in [4.69, 9.17) is 4.74 Å². The molecule has 0 aromatic carbocycles. The molecule has 31 heavy (non-hydrogen) atoms. The molecule has 0 rings (SSSR count). The molecule has 0 radical (unpaired) electrons. The maximum Gasteiger partial charge on any atom is 0.325 e. The van der Waals surface area contributed by atoms with Crippen molar-refractivity contribution in [3.8, 4) is 0 Å². The molecule has 4 nitrogen and oxygen atoms in total. The van der Waals surface area contributed by atoms with Crippen LogP contribution in [0.5, 0.6) is 0 Å². The second kappa shape index (κ2) is 23.6. The molecule has 0 heterocycles. The summed E-state index contributed by atoms with van der Waals surface area (Å²) in [7, 11) is 1.71. The summed E-state index contributed by atoms with van der Waals surface area (Å²) < 4.78 is 5.30. The largest absolute Gasteiger partial charge is 0.464 e. The zero-order valence-electron chi connectivity index (χ0n) is 21.2. The first kappa shape index (κ1) is 29.9. The van der Waals surface area contributed by atoms with Crippen LogP contribution in [-0.4, -0.2) is 37.0 Å². The molecule has 0 atom stereocenters. The van der Waals surface area contributed by atoms with E-state index in [1.807, 2.05) is 0 Å². The number of likely N-dealkylation sites (N-methyl/N-ethyl adjacent to an activating group) is 1. The second-order valence-corrected chi connectivity index (χ2v) is 9.23. The molecule has 1 amide bonds. The molecule has 0 N–H and O–H groups in total. The third kappa shape index (κ3) is 21.9. The van der Waals surface area contributed by atoms with Gasteiger partial charge in [0.2, 0.25) is 5.91 Å². The highest BCUT2D eigenvalue weighted by atomic mass is 16.5. The number of nitrogens with zero attached hydrogens (tertiary/aromatic N) is 1. The highest BCUT2D eigenvalue weighted by Crippen LogP contribution is 2.12. The summed E-state index contributed by atoms with van der Waals surface area (Å²) in [6, 6.07) is 0. The first-order valence-electron chi connectivity index (χ1n) is 13.5. The Balaban J connectivity index is 3.48. The van der Waals surface area contributed by atoms with E-state index in [0.717, 1.165) is 25.7 Å². The van der Waals surface area contributed by atoms with E-state index < -0.39 is 0 Å². The fourth-order valence-corrected chi connectivity index (χ4v) is 3.88. The summed E-state index contributed by atoms with van der Waals surface area (Å²) in [4.78, 5) is 25.6. The van der Waals surface area contributed by atoms with Crippen molar-refractivity contribution in [2.45, 2.75) is 142 Å². The predicted octanol–water partition coefficient (Wildman–Crippen LogP) is 7.83. The van der Waals surface area contributed by atoms with E-state index in [2.05, 4.69) is 13.8 Å². The van der Waals surface area contributed by atoms with E-state index in [-0.39, 0.29) is 18.4 Å². The lowest BCUT2D eigenvalue weighted by Gasteiger charge is -2.16. The summed E-state index contributed by atoms with van der Waals surface area (Å²) in [6.07, 6.45) is 24.4. The number of carbonyl (C=O) groups excluding carboxylic acids is 2. The number of rotatable bonds is 23. The van der Waals surface area contributed by atoms with Crippen molar-refractivity contribution in [3.63, 3.8) is 0 Å². The summed E-state index contributed by atoms with van der Waals surface area (Å²) in [5.41, 5.74) is 0. The van der Waals surface area contributed by atoms with Gasteiger partial charge < -0.3 is 9.64 Å². The van der Waals surface area contributed by atoms with Crippen LogP contribution in [0, 0.1) is 0 Å². The van der Waals surface area contributed by atoms with Crippen LogP contribution in [0.2, 0.25) is 0 Å². The van der Waals surface area contributed by atoms with Gasteiger partial charge in [0.15, 0.2) is 0 Å². The van der Waals surface area contributed by atoms with Crippen molar-refractivity contribution < 1.29 is 14.3 Å². The molecule has 0 saturated carbocycles. The molecule has 0 spiro atoms. The zero-order valence-corrected chi connectivity index (χ0v) is 21.2. The summed E-state index contributed by atoms with van der Waals surface area (Å²) >= 11 is 0. The van der Waals surface area contributed by atoms with Gasteiger partial charge in [-0.25, -0.2) is 0 Å². The molecule has 0 bridgehead atoms. The van der Waals surface area contributed by atoms with Crippen molar-refractivity contribution >= 4 is 11.9 Å². The maximum atomic E-state index is 12.2. The van der Waals surface area contributed by atoms with Gasteiger partial charge >= 0.3 is 5.97 Å². The minimum Gasteiger partial charge on any atom is -0.464 e. The molecule has 0 saturated heterocycles. The lowest BCUT2D eigenvalue weighted by atomic mass is 10.1. The molecule has 0 aromatic heterocycles. The van der Waals surface area contributed by atoms with E-state index in [9.17, 15) is 9.59 Å². The minimum atomic E-state index is -0.279. The van der Waals surface area contributed by atoms with E-state index in [1.165, 1.54) is 101 Å². The predicted molar refractivity (Wildman–Crippen MR) is 132 cm³/mol. The topological polar surface area (TPSA) is 46.6 Å². The Labute approximate surface area is 193 Å². The van der Waals surface area contributed by atoms with Crippen molar-refractivity contribution in [3.05, 3.63) is 0 Å². The number of hydrogen-bond acceptors (Lipinski definition) is 3. The second-order valence-electron chi connectivity index (χ2n) is 9.23. The van der Waals surface area contributed by atoms with E-state index >= 15 is 0 Å². The van der Waals surface area contributed by atoms with Gasteiger partial charge in [-0.1, -0.05) is 123 Å². The van der Waals surface area contributed by atoms with Crippen LogP contribution in [0.3, 0.4) is 0 Å². The Hall–Kier alpha value is -1.06. The Morgan fingerprint density at radius 2 is 0.968 bits per heavy atom. The minimum absolute atomic E-state index is 0.0545. The van der Waals surface area contributed by atoms with Crippen molar-refractivity contribution in [1.82, 2.24) is 4.90 Å². The lowest BCUT2D eigenvalue weighted by Crippen LogP contribution is -2.33. The maximum absolute atomic E-state index is 12.2. The molecular weight excluding hydrogens is 386 g/mol. The third-order valence-electron chi connectivity index (χ3n) is 6.05. The van der Waals surface area contributed by atoms with Gasteiger partial charge in [-0.3, -0.25) is 9.59 Å². The fourth-order valence-electron chi connectivity index (χ4n) is 3.88. The molecular formula is C27H53NO3. The van der Waals surface area contributed by atoms with Gasteiger partial charge in [-0.05, 0) is 12.8 Å². The van der Waals surface area contributed by atoms with Gasteiger partial charge in [0.1, 0.15) is 6.54 Å². The van der Waals surface area contributed by atoms with Gasteiger partial charge in [0, 0.05) is 13.5 Å². The number of hydrogen-bond donors (Lipinski definition) is 0. The monoisotopic (exact) mass is 439 g/mol. The first-order valence-corrected chi connectivity index (χ1v) is 13.5. The lowest BCUT2D eigenvalue weighted by molar-refractivity contribution is -0.148. The molecule has 0 aliphatic carbocycles. The summed E-state index contributed by atoms with van der Waals surface area (Å²) in [6.45, 7) is 5.05. The van der Waals surface area contributed by atoms with Gasteiger partial charge in [0.05, 0.1) is 6.61 Å². The zero-order chi connectivity index (χ0) is 23.0. The highest BCUT2D eigenvalue weighted by molar-refractivity contribution is 5.81. The van der Waals surface area contributed by atoms with Gasteiger partial charge in [-0.15, -0.1) is 0 Å². The molecule has 0 aromatic rings. The standard InChI is InChI=1S/C27H53NO3/c1-4-6-8-10-12-14-16-18-20-22-24-31-27(30)25-28(3)26(29)23-21-19-17-15-13-11-9-7-5-2/h4-25H2,1-3H3. The van der Waals surface area contributed by atoms with Crippen LogP contribution in [0.1, 0.15) is 142 Å². The van der Waals surface area contributed by atoms with Crippen LogP contribution in [-0.2, 0) is 14.3 Å². The smallest absolute Gasteiger partial charge is 0.325 e. The summed E-state index contributed by atoms with van der Waals surface area (Å²) in [5.74, 6) is -0.224. The normalized spacial score (nSPS) is 10.9. The van der Waals surface area contributed by atoms with Crippen molar-refractivity contribution in [2.24, 2.45) is 0 Å². The fraction of sp³-hybridized carbons (Fsp3) is 0.926. The van der Waals surface area contributed by atoms with Crippen LogP contribution in [0.25, 0.3) is 0 Å². The molecule has 184 valence electrons. The first-order chi connectivity index (χ1) is 15.1. The van der Waals surface area contributed by atoms with Crippen LogP contribution >= 0.6 is 0 Å². The molecule has 0 unspecified atom stereocenters. The SMILES string of the molecule is CCCCCCCCCCCCOC(=O)CN(C)C(=O)CCCCCCCCCCC. The number of unbranched alkanes of at least 4 members (excludes halogenated alkanes) is 17. The number of carbonyl (C=O) groups is 2. The Morgan fingerprint density at radius 1 is 0.581 bits per heavy atom. The van der Waals surface area contributed by atoms with Gasteiger partial charge in [0.25, 0.3) is 0 Å². The Morgan fingerprint density at radius 3 is 1.42 bits per heavy atom. The molecule has 4 heteroatoms. The summed E-state index contributed by atoms with van der Waals surface area (Å²) in [5, 5.41) is 0. The number of esters is 1. The number of ether oxygens (including phenoxy) is 1. The molecule has 0 aliphatic heterocycles. The van der Waals surface area contributed by atoms with E-state index in [0.29, 0.717) is 13.0 Å². The third-order valence-corrected chi connectivity index (χ3v) is 6.05. The van der Waals surface area contributed by atoms with Crippen LogP contribution in [0.4, 0.5) is 0 Å². The van der Waals surface area contributed by atoms with Crippen LogP contribution < -0.4 is 0 Å². The molecule has 0 fully saturated rings. The average Bonchev–Trinajstić information content (AvgIpc) is 2.76. The van der Waals surface area contributed by atoms with Crippen molar-refractivity contribution in [2.75, 3.05) is 20.2 Å². The van der Waals surface area contributed by atoms with Gasteiger partial charge in [-0.2, -0.15) is 0 Å². The Kier molecular flexibility index (Phi) is 22.8. The average molecular weight is 440 g/mol. The molecule has 0 aliphatic rings. The number of amides is 1. The van der Waals surface area contributed by atoms with Crippen LogP contribution in [0.15, 0.2) is 0 Å². The van der Waals surface area contributed by atoms with Crippen molar-refractivity contribution in [1.29, 1.82) is 0 Å².